The average molecular weight is 340 g/mol. The zero-order valence-corrected chi connectivity index (χ0v) is 14.4. The Morgan fingerprint density at radius 3 is 2.16 bits per heavy atom. The second-order valence-electron chi connectivity index (χ2n) is 5.63. The second kappa shape index (κ2) is 10.1. The Balaban J connectivity index is 1.92. The molecule has 5 nitrogen and oxygen atoms in total. The van der Waals surface area contributed by atoms with Gasteiger partial charge in [0.25, 0.3) is 0 Å². The fraction of sp³-hybridized carbons (Fsp3) is 0.300. The predicted octanol–water partition coefficient (Wildman–Crippen LogP) is 2.70. The van der Waals surface area contributed by atoms with Gasteiger partial charge >= 0.3 is 6.09 Å². The number of benzene rings is 2. The van der Waals surface area contributed by atoms with Crippen molar-refractivity contribution in [3.8, 4) is 0 Å². The fourth-order valence-electron chi connectivity index (χ4n) is 2.47. The van der Waals surface area contributed by atoms with Crippen molar-refractivity contribution in [1.82, 2.24) is 10.6 Å². The lowest BCUT2D eigenvalue weighted by Crippen LogP contribution is -2.48. The SMILES string of the molecule is CCOC(=O)N[C@@H](Cc1ccccc1)C(=O)NCCc1ccccc1. The van der Waals surface area contributed by atoms with Gasteiger partial charge in [-0.05, 0) is 24.5 Å². The first-order valence-electron chi connectivity index (χ1n) is 8.48. The van der Waals surface area contributed by atoms with Crippen LogP contribution >= 0.6 is 0 Å². The molecule has 0 aliphatic rings. The minimum Gasteiger partial charge on any atom is -0.450 e. The van der Waals surface area contributed by atoms with Crippen LogP contribution in [-0.4, -0.2) is 31.2 Å². The van der Waals surface area contributed by atoms with E-state index in [2.05, 4.69) is 10.6 Å². The molecule has 1 atom stereocenters. The van der Waals surface area contributed by atoms with Gasteiger partial charge in [-0.25, -0.2) is 4.79 Å². The molecular formula is C20H24N2O3. The maximum atomic E-state index is 12.5. The lowest BCUT2D eigenvalue weighted by Gasteiger charge is -2.18. The van der Waals surface area contributed by atoms with E-state index in [1.165, 1.54) is 0 Å². The van der Waals surface area contributed by atoms with Crippen LogP contribution in [-0.2, 0) is 22.4 Å². The van der Waals surface area contributed by atoms with E-state index >= 15 is 0 Å². The van der Waals surface area contributed by atoms with E-state index in [4.69, 9.17) is 4.74 Å². The molecule has 0 fully saturated rings. The van der Waals surface area contributed by atoms with Gasteiger partial charge in [-0.1, -0.05) is 60.7 Å². The van der Waals surface area contributed by atoms with Crippen LogP contribution in [0.5, 0.6) is 0 Å². The molecule has 2 N–H and O–H groups in total. The number of alkyl carbamates (subject to hydrolysis) is 1. The van der Waals surface area contributed by atoms with Crippen LogP contribution in [0, 0.1) is 0 Å². The van der Waals surface area contributed by atoms with Crippen LogP contribution in [0.15, 0.2) is 60.7 Å². The largest absolute Gasteiger partial charge is 0.450 e. The molecule has 0 radical (unpaired) electrons. The van der Waals surface area contributed by atoms with Crippen molar-refractivity contribution in [2.75, 3.05) is 13.2 Å². The normalized spacial score (nSPS) is 11.4. The third kappa shape index (κ3) is 6.67. The Kier molecular flexibility index (Phi) is 7.50. The Morgan fingerprint density at radius 1 is 0.960 bits per heavy atom. The van der Waals surface area contributed by atoms with E-state index < -0.39 is 12.1 Å². The summed E-state index contributed by atoms with van der Waals surface area (Å²) in [7, 11) is 0. The van der Waals surface area contributed by atoms with Crippen molar-refractivity contribution < 1.29 is 14.3 Å². The summed E-state index contributed by atoms with van der Waals surface area (Å²) >= 11 is 0. The summed E-state index contributed by atoms with van der Waals surface area (Å²) in [5, 5.41) is 5.53. The number of carbonyl (C=O) groups excluding carboxylic acids is 2. The maximum Gasteiger partial charge on any atom is 0.407 e. The van der Waals surface area contributed by atoms with Crippen LogP contribution in [0.3, 0.4) is 0 Å². The number of hydrogen-bond donors (Lipinski definition) is 2. The Morgan fingerprint density at radius 2 is 1.56 bits per heavy atom. The third-order valence-electron chi connectivity index (χ3n) is 3.72. The molecule has 0 saturated heterocycles. The second-order valence-corrected chi connectivity index (χ2v) is 5.63. The zero-order valence-electron chi connectivity index (χ0n) is 14.4. The molecule has 5 heteroatoms. The maximum absolute atomic E-state index is 12.5. The van der Waals surface area contributed by atoms with Crippen LogP contribution < -0.4 is 10.6 Å². The first-order valence-corrected chi connectivity index (χ1v) is 8.48. The highest BCUT2D eigenvalue weighted by molar-refractivity contribution is 5.85. The van der Waals surface area contributed by atoms with Crippen molar-refractivity contribution in [2.24, 2.45) is 0 Å². The van der Waals surface area contributed by atoms with Gasteiger partial charge in [0.15, 0.2) is 0 Å². The average Bonchev–Trinajstić information content (AvgIpc) is 2.63. The number of hydrogen-bond acceptors (Lipinski definition) is 3. The molecule has 0 aliphatic heterocycles. The molecule has 2 aromatic carbocycles. The van der Waals surface area contributed by atoms with Gasteiger partial charge in [0, 0.05) is 13.0 Å². The number of rotatable bonds is 8. The van der Waals surface area contributed by atoms with E-state index in [1.807, 2.05) is 60.7 Å². The van der Waals surface area contributed by atoms with Crippen LogP contribution in [0.2, 0.25) is 0 Å². The minimum atomic E-state index is -0.669. The van der Waals surface area contributed by atoms with Gasteiger partial charge in [0.05, 0.1) is 6.61 Å². The van der Waals surface area contributed by atoms with Crippen molar-refractivity contribution in [1.29, 1.82) is 0 Å². The monoisotopic (exact) mass is 340 g/mol. The van der Waals surface area contributed by atoms with Gasteiger partial charge in [0.2, 0.25) is 5.91 Å². The highest BCUT2D eigenvalue weighted by atomic mass is 16.5. The fourth-order valence-corrected chi connectivity index (χ4v) is 2.47. The van der Waals surface area contributed by atoms with Gasteiger partial charge in [-0.15, -0.1) is 0 Å². The number of carbonyl (C=O) groups is 2. The van der Waals surface area contributed by atoms with Crippen LogP contribution in [0.25, 0.3) is 0 Å². The standard InChI is InChI=1S/C20H24N2O3/c1-2-25-20(24)22-18(15-17-11-7-4-8-12-17)19(23)21-14-13-16-9-5-3-6-10-16/h3-12,18H,2,13-15H2,1H3,(H,21,23)(H,22,24)/t18-/m0/s1. The molecule has 0 heterocycles. The highest BCUT2D eigenvalue weighted by Gasteiger charge is 2.21. The van der Waals surface area contributed by atoms with Gasteiger partial charge in [-0.3, -0.25) is 4.79 Å². The van der Waals surface area contributed by atoms with Gasteiger partial charge in [0.1, 0.15) is 6.04 Å². The minimum absolute atomic E-state index is 0.215. The summed E-state index contributed by atoms with van der Waals surface area (Å²) in [5.74, 6) is -0.215. The molecule has 2 aromatic rings. The van der Waals surface area contributed by atoms with E-state index in [0.717, 1.165) is 17.5 Å². The lowest BCUT2D eigenvalue weighted by atomic mass is 10.1. The Hall–Kier alpha value is -2.82. The Bertz CT molecular complexity index is 659. The molecule has 0 bridgehead atoms. The van der Waals surface area contributed by atoms with Gasteiger partial charge < -0.3 is 15.4 Å². The number of ether oxygens (including phenoxy) is 1. The van der Waals surface area contributed by atoms with E-state index in [-0.39, 0.29) is 12.5 Å². The summed E-state index contributed by atoms with van der Waals surface area (Å²) in [4.78, 5) is 24.2. The molecule has 0 aliphatic carbocycles. The van der Waals surface area contributed by atoms with Crippen molar-refractivity contribution >= 4 is 12.0 Å². The van der Waals surface area contributed by atoms with Gasteiger partial charge in [-0.2, -0.15) is 0 Å². The first-order chi connectivity index (χ1) is 12.2. The summed E-state index contributed by atoms with van der Waals surface area (Å²) in [6.07, 6.45) is 0.572. The van der Waals surface area contributed by atoms with Crippen LogP contribution in [0.4, 0.5) is 4.79 Å². The quantitative estimate of drug-likeness (QED) is 0.776. The van der Waals surface area contributed by atoms with E-state index in [9.17, 15) is 9.59 Å². The number of nitrogens with one attached hydrogen (secondary N) is 2. The van der Waals surface area contributed by atoms with E-state index in [0.29, 0.717) is 13.0 Å². The highest BCUT2D eigenvalue weighted by Crippen LogP contribution is 2.04. The van der Waals surface area contributed by atoms with Crippen molar-refractivity contribution in [3.05, 3.63) is 71.8 Å². The zero-order chi connectivity index (χ0) is 17.9. The molecule has 0 unspecified atom stereocenters. The third-order valence-corrected chi connectivity index (χ3v) is 3.72. The topological polar surface area (TPSA) is 67.4 Å². The van der Waals surface area contributed by atoms with E-state index in [1.54, 1.807) is 6.92 Å². The Labute approximate surface area is 148 Å². The predicted molar refractivity (Wildman–Crippen MR) is 97.2 cm³/mol. The summed E-state index contributed by atoms with van der Waals surface area (Å²) < 4.78 is 4.90. The smallest absolute Gasteiger partial charge is 0.407 e. The van der Waals surface area contributed by atoms with Crippen LogP contribution in [0.1, 0.15) is 18.1 Å². The molecule has 25 heavy (non-hydrogen) atoms. The molecule has 132 valence electrons. The molecule has 0 saturated carbocycles. The molecule has 2 amide bonds. The summed E-state index contributed by atoms with van der Waals surface area (Å²) in [6, 6.07) is 18.8. The van der Waals surface area contributed by atoms with Crippen molar-refractivity contribution in [2.45, 2.75) is 25.8 Å². The first kappa shape index (κ1) is 18.5. The summed E-state index contributed by atoms with van der Waals surface area (Å²) in [5.41, 5.74) is 2.13. The lowest BCUT2D eigenvalue weighted by molar-refractivity contribution is -0.123. The van der Waals surface area contributed by atoms with Crippen molar-refractivity contribution in [3.63, 3.8) is 0 Å². The molecule has 0 aromatic heterocycles. The summed E-state index contributed by atoms with van der Waals surface area (Å²) in [6.45, 7) is 2.50. The molecular weight excluding hydrogens is 316 g/mol. The molecule has 2 rings (SSSR count). The number of amides is 2. The molecule has 0 spiro atoms.